The van der Waals surface area contributed by atoms with E-state index in [1.165, 1.54) is 5.56 Å². The lowest BCUT2D eigenvalue weighted by Crippen LogP contribution is -2.11. The third-order valence-electron chi connectivity index (χ3n) is 5.00. The first-order valence-electron chi connectivity index (χ1n) is 11.1. The Labute approximate surface area is 199 Å². The van der Waals surface area contributed by atoms with Crippen LogP contribution in [0.3, 0.4) is 0 Å². The monoisotopic (exact) mass is 453 g/mol. The molecule has 34 heavy (non-hydrogen) atoms. The van der Waals surface area contributed by atoms with Gasteiger partial charge in [-0.2, -0.15) is 0 Å². The highest BCUT2D eigenvalue weighted by atomic mass is 16.5. The Hall–Kier alpha value is -4.39. The van der Waals surface area contributed by atoms with E-state index < -0.39 is 0 Å². The summed E-state index contributed by atoms with van der Waals surface area (Å²) in [6, 6.07) is 24.5. The molecule has 7 nitrogen and oxygen atoms in total. The summed E-state index contributed by atoms with van der Waals surface area (Å²) >= 11 is 0. The maximum atomic E-state index is 12.5. The van der Waals surface area contributed by atoms with Crippen LogP contribution in [-0.2, 0) is 0 Å². The summed E-state index contributed by atoms with van der Waals surface area (Å²) < 4.78 is 5.42. The molecule has 0 spiro atoms. The molecule has 172 valence electrons. The van der Waals surface area contributed by atoms with Gasteiger partial charge >= 0.3 is 0 Å². The van der Waals surface area contributed by atoms with E-state index >= 15 is 0 Å². The SMILES string of the molecule is CCOc1ccc(C(=O)Nc2ccc(Nc3cc(Nc4ccc(C)cc4)nc(C)n3)cc2)cc1. The minimum absolute atomic E-state index is 0.179. The number of carbonyl (C=O) groups excluding carboxylic acids is 1. The number of hydrogen-bond acceptors (Lipinski definition) is 6. The number of rotatable bonds is 8. The molecule has 0 aliphatic heterocycles. The van der Waals surface area contributed by atoms with Gasteiger partial charge in [0.05, 0.1) is 6.61 Å². The molecule has 1 aromatic heterocycles. The van der Waals surface area contributed by atoms with Crippen LogP contribution >= 0.6 is 0 Å². The fourth-order valence-corrected chi connectivity index (χ4v) is 3.34. The molecule has 4 rings (SSSR count). The smallest absolute Gasteiger partial charge is 0.255 e. The highest BCUT2D eigenvalue weighted by Gasteiger charge is 2.07. The molecule has 0 saturated carbocycles. The molecule has 3 N–H and O–H groups in total. The highest BCUT2D eigenvalue weighted by molar-refractivity contribution is 6.04. The van der Waals surface area contributed by atoms with Gasteiger partial charge in [0, 0.05) is 28.7 Å². The van der Waals surface area contributed by atoms with Gasteiger partial charge in [-0.25, -0.2) is 9.97 Å². The normalized spacial score (nSPS) is 10.4. The zero-order valence-electron chi connectivity index (χ0n) is 19.4. The van der Waals surface area contributed by atoms with Gasteiger partial charge in [-0.3, -0.25) is 4.79 Å². The molecule has 1 heterocycles. The lowest BCUT2D eigenvalue weighted by atomic mass is 10.2. The van der Waals surface area contributed by atoms with Crippen molar-refractivity contribution in [2.45, 2.75) is 20.8 Å². The zero-order valence-corrected chi connectivity index (χ0v) is 19.4. The largest absolute Gasteiger partial charge is 0.494 e. The Bertz CT molecular complexity index is 1250. The molecule has 0 atom stereocenters. The van der Waals surface area contributed by atoms with Gasteiger partial charge in [-0.15, -0.1) is 0 Å². The van der Waals surface area contributed by atoms with E-state index in [1.54, 1.807) is 24.3 Å². The topological polar surface area (TPSA) is 88.2 Å². The molecule has 0 radical (unpaired) electrons. The van der Waals surface area contributed by atoms with Crippen molar-refractivity contribution in [1.82, 2.24) is 9.97 Å². The van der Waals surface area contributed by atoms with Crippen LogP contribution < -0.4 is 20.7 Å². The second-order valence-electron chi connectivity index (χ2n) is 7.79. The lowest BCUT2D eigenvalue weighted by Gasteiger charge is -2.11. The molecular formula is C27H27N5O2. The van der Waals surface area contributed by atoms with Crippen LogP contribution in [0.4, 0.5) is 28.7 Å². The summed E-state index contributed by atoms with van der Waals surface area (Å²) in [7, 11) is 0. The summed E-state index contributed by atoms with van der Waals surface area (Å²) in [5.74, 6) is 2.60. The van der Waals surface area contributed by atoms with E-state index in [4.69, 9.17) is 4.74 Å². The van der Waals surface area contributed by atoms with Crippen molar-refractivity contribution >= 4 is 34.6 Å². The standard InChI is InChI=1S/C27H27N5O2/c1-4-34-24-15-7-20(8-16-24)27(33)32-23-13-11-22(12-14-23)31-26-17-25(28-19(3)29-26)30-21-9-5-18(2)6-10-21/h5-17H,4H2,1-3H3,(H,32,33)(H2,28,29,30,31). The molecule has 3 aromatic carbocycles. The van der Waals surface area contributed by atoms with E-state index in [0.29, 0.717) is 35.3 Å². The van der Waals surface area contributed by atoms with Gasteiger partial charge in [0.25, 0.3) is 5.91 Å². The van der Waals surface area contributed by atoms with E-state index in [9.17, 15) is 4.79 Å². The first-order chi connectivity index (χ1) is 16.5. The molecule has 1 amide bonds. The van der Waals surface area contributed by atoms with Crippen LogP contribution in [0, 0.1) is 13.8 Å². The van der Waals surface area contributed by atoms with E-state index in [1.807, 2.05) is 68.4 Å². The predicted octanol–water partition coefficient (Wildman–Crippen LogP) is 6.23. The third-order valence-corrected chi connectivity index (χ3v) is 5.00. The number of nitrogens with zero attached hydrogens (tertiary/aromatic N) is 2. The first-order valence-corrected chi connectivity index (χ1v) is 11.1. The maximum Gasteiger partial charge on any atom is 0.255 e. The first kappa shape index (κ1) is 22.8. The molecule has 4 aromatic rings. The molecule has 0 unspecified atom stereocenters. The number of anilines is 5. The second kappa shape index (κ2) is 10.5. The molecule has 0 aliphatic carbocycles. The van der Waals surface area contributed by atoms with Crippen LogP contribution in [0.5, 0.6) is 5.75 Å². The Balaban J connectivity index is 1.39. The number of aryl methyl sites for hydroxylation is 2. The van der Waals surface area contributed by atoms with Crippen LogP contribution in [0.2, 0.25) is 0 Å². The summed E-state index contributed by atoms with van der Waals surface area (Å²) in [5.41, 5.74) is 4.27. The van der Waals surface area contributed by atoms with Crippen LogP contribution in [0.1, 0.15) is 28.7 Å². The molecule has 0 aliphatic rings. The molecule has 7 heteroatoms. The van der Waals surface area contributed by atoms with Crippen molar-refractivity contribution in [1.29, 1.82) is 0 Å². The number of aromatic nitrogens is 2. The Morgan fingerprint density at radius 1 is 0.765 bits per heavy atom. The van der Waals surface area contributed by atoms with Gasteiger partial charge in [-0.1, -0.05) is 17.7 Å². The van der Waals surface area contributed by atoms with Crippen molar-refractivity contribution in [3.8, 4) is 5.75 Å². The minimum Gasteiger partial charge on any atom is -0.494 e. The molecule has 0 bridgehead atoms. The maximum absolute atomic E-state index is 12.5. The van der Waals surface area contributed by atoms with Crippen LogP contribution in [0.15, 0.2) is 78.9 Å². The van der Waals surface area contributed by atoms with Crippen LogP contribution in [-0.4, -0.2) is 22.5 Å². The van der Waals surface area contributed by atoms with Crippen molar-refractivity contribution in [2.24, 2.45) is 0 Å². The van der Waals surface area contributed by atoms with Crippen molar-refractivity contribution in [2.75, 3.05) is 22.6 Å². The van der Waals surface area contributed by atoms with Gasteiger partial charge in [0.15, 0.2) is 0 Å². The Morgan fingerprint density at radius 3 is 1.85 bits per heavy atom. The fraction of sp³-hybridized carbons (Fsp3) is 0.148. The van der Waals surface area contributed by atoms with Crippen LogP contribution in [0.25, 0.3) is 0 Å². The highest BCUT2D eigenvalue weighted by Crippen LogP contribution is 2.22. The summed E-state index contributed by atoms with van der Waals surface area (Å²) in [5, 5.41) is 9.51. The second-order valence-corrected chi connectivity index (χ2v) is 7.79. The van der Waals surface area contributed by atoms with Gasteiger partial charge in [0.1, 0.15) is 23.2 Å². The van der Waals surface area contributed by atoms with Crippen molar-refractivity contribution in [3.05, 3.63) is 95.8 Å². The van der Waals surface area contributed by atoms with E-state index in [2.05, 4.69) is 32.8 Å². The summed E-state index contributed by atoms with van der Waals surface area (Å²) in [4.78, 5) is 21.5. The minimum atomic E-state index is -0.179. The van der Waals surface area contributed by atoms with Gasteiger partial charge in [-0.05, 0) is 81.4 Å². The van der Waals surface area contributed by atoms with Gasteiger partial charge in [0.2, 0.25) is 0 Å². The fourth-order valence-electron chi connectivity index (χ4n) is 3.34. The van der Waals surface area contributed by atoms with Crippen molar-refractivity contribution in [3.63, 3.8) is 0 Å². The lowest BCUT2D eigenvalue weighted by molar-refractivity contribution is 0.102. The summed E-state index contributed by atoms with van der Waals surface area (Å²) in [6.07, 6.45) is 0. The predicted molar refractivity (Wildman–Crippen MR) is 137 cm³/mol. The average Bonchev–Trinajstić information content (AvgIpc) is 2.82. The van der Waals surface area contributed by atoms with E-state index in [0.717, 1.165) is 17.1 Å². The molecule has 0 saturated heterocycles. The van der Waals surface area contributed by atoms with Crippen molar-refractivity contribution < 1.29 is 9.53 Å². The molecule has 0 fully saturated rings. The van der Waals surface area contributed by atoms with Gasteiger partial charge < -0.3 is 20.7 Å². The Kier molecular flexibility index (Phi) is 7.03. The Morgan fingerprint density at radius 2 is 1.29 bits per heavy atom. The number of nitrogens with one attached hydrogen (secondary N) is 3. The average molecular weight is 454 g/mol. The van der Waals surface area contributed by atoms with E-state index in [-0.39, 0.29) is 5.91 Å². The number of hydrogen-bond donors (Lipinski definition) is 3. The summed E-state index contributed by atoms with van der Waals surface area (Å²) in [6.45, 7) is 6.42. The number of amides is 1. The quantitative estimate of drug-likeness (QED) is 0.293. The molecular weight excluding hydrogens is 426 g/mol. The number of ether oxygens (including phenoxy) is 1. The zero-order chi connectivity index (χ0) is 23.9. The number of carbonyl (C=O) groups is 1. The number of benzene rings is 3. The third kappa shape index (κ3) is 6.10.